The van der Waals surface area contributed by atoms with Crippen molar-refractivity contribution in [1.29, 1.82) is 0 Å². The van der Waals surface area contributed by atoms with E-state index in [4.69, 9.17) is 9.47 Å². The topological polar surface area (TPSA) is 61.4 Å². The molecule has 0 spiro atoms. The predicted molar refractivity (Wildman–Crippen MR) is 138 cm³/mol. The Labute approximate surface area is 205 Å². The van der Waals surface area contributed by atoms with Gasteiger partial charge in [-0.05, 0) is 63.0 Å². The lowest BCUT2D eigenvalue weighted by Crippen LogP contribution is -2.43. The number of hydrogen-bond donors (Lipinski definition) is 2. The number of likely N-dealkylation sites (tertiary alicyclic amines) is 1. The van der Waals surface area contributed by atoms with Gasteiger partial charge in [-0.15, -0.1) is 24.0 Å². The molecule has 2 aliphatic heterocycles. The largest absolute Gasteiger partial charge is 0.497 e. The number of aliphatic imine (C=N–C) groups is 1. The molecule has 1 unspecified atom stereocenters. The van der Waals surface area contributed by atoms with Crippen LogP contribution in [0, 0.1) is 0 Å². The van der Waals surface area contributed by atoms with E-state index in [1.165, 1.54) is 24.8 Å². The molecule has 2 N–H and O–H groups in total. The van der Waals surface area contributed by atoms with Crippen molar-refractivity contribution in [2.24, 2.45) is 4.99 Å². The maximum atomic E-state index is 5.41. The second-order valence-electron chi connectivity index (χ2n) is 8.07. The normalized spacial score (nSPS) is 19.0. The van der Waals surface area contributed by atoms with Crippen molar-refractivity contribution in [3.63, 3.8) is 0 Å². The maximum Gasteiger partial charge on any atom is 0.191 e. The number of rotatable bonds is 10. The van der Waals surface area contributed by atoms with Crippen molar-refractivity contribution in [2.45, 2.75) is 31.7 Å². The highest BCUT2D eigenvalue weighted by Gasteiger charge is 2.23. The molecule has 1 atom stereocenters. The van der Waals surface area contributed by atoms with Crippen molar-refractivity contribution in [1.82, 2.24) is 20.4 Å². The molecule has 0 amide bonds. The summed E-state index contributed by atoms with van der Waals surface area (Å²) in [5.74, 6) is 1.79. The first-order valence-electron chi connectivity index (χ1n) is 11.4. The number of ether oxygens (including phenoxy) is 2. The number of nitrogens with one attached hydrogen (secondary N) is 2. The Hall–Kier alpha value is -1.10. The zero-order chi connectivity index (χ0) is 21.0. The van der Waals surface area contributed by atoms with E-state index < -0.39 is 0 Å². The van der Waals surface area contributed by atoms with E-state index in [0.29, 0.717) is 6.04 Å². The maximum absolute atomic E-state index is 5.41. The number of hydrogen-bond acceptors (Lipinski definition) is 5. The van der Waals surface area contributed by atoms with Crippen LogP contribution in [0.15, 0.2) is 29.3 Å². The summed E-state index contributed by atoms with van der Waals surface area (Å²) in [5, 5.41) is 7.03. The number of halogens is 1. The van der Waals surface area contributed by atoms with Gasteiger partial charge in [0.05, 0.1) is 26.4 Å². The van der Waals surface area contributed by atoms with Crippen molar-refractivity contribution < 1.29 is 9.47 Å². The Morgan fingerprint density at radius 1 is 1.06 bits per heavy atom. The summed E-state index contributed by atoms with van der Waals surface area (Å²) >= 11 is 0. The Balaban J connectivity index is 0.00000341. The van der Waals surface area contributed by atoms with Crippen LogP contribution < -0.4 is 15.4 Å². The first-order chi connectivity index (χ1) is 14.8. The smallest absolute Gasteiger partial charge is 0.191 e. The van der Waals surface area contributed by atoms with Crippen molar-refractivity contribution in [2.75, 3.05) is 73.2 Å². The molecular weight excluding hydrogens is 505 g/mol. The second kappa shape index (κ2) is 14.9. The number of morpholine rings is 1. The molecule has 3 rings (SSSR count). The molecule has 0 aliphatic carbocycles. The third-order valence-corrected chi connectivity index (χ3v) is 6.07. The quantitative estimate of drug-likeness (QED) is 0.204. The molecule has 0 bridgehead atoms. The first-order valence-corrected chi connectivity index (χ1v) is 11.4. The van der Waals surface area contributed by atoms with Crippen LogP contribution in [0.2, 0.25) is 0 Å². The summed E-state index contributed by atoms with van der Waals surface area (Å²) in [4.78, 5) is 9.49. The van der Waals surface area contributed by atoms with E-state index in [9.17, 15) is 0 Å². The Kier molecular flexibility index (Phi) is 12.5. The van der Waals surface area contributed by atoms with Crippen LogP contribution in [0.1, 0.15) is 37.3 Å². The molecule has 31 heavy (non-hydrogen) atoms. The SMILES string of the molecule is CN=C(NCCCCN1CCOCC1)NCC(c1ccc(OC)cc1)N1CCCC1.I. The lowest BCUT2D eigenvalue weighted by molar-refractivity contribution is 0.0372. The van der Waals surface area contributed by atoms with Gasteiger partial charge in [-0.25, -0.2) is 0 Å². The van der Waals surface area contributed by atoms with Gasteiger partial charge in [0.25, 0.3) is 0 Å². The fraction of sp³-hybridized carbons (Fsp3) is 0.696. The van der Waals surface area contributed by atoms with E-state index in [0.717, 1.165) is 77.2 Å². The van der Waals surface area contributed by atoms with Crippen molar-refractivity contribution in [3.05, 3.63) is 29.8 Å². The summed E-state index contributed by atoms with van der Waals surface area (Å²) in [6, 6.07) is 8.83. The van der Waals surface area contributed by atoms with Crippen LogP contribution in [0.5, 0.6) is 5.75 Å². The molecule has 7 nitrogen and oxygen atoms in total. The number of methoxy groups -OCH3 is 1. The number of nitrogens with zero attached hydrogens (tertiary/aromatic N) is 3. The molecule has 2 heterocycles. The van der Waals surface area contributed by atoms with E-state index in [1.54, 1.807) is 7.11 Å². The number of guanidine groups is 1. The fourth-order valence-electron chi connectivity index (χ4n) is 4.24. The number of benzene rings is 1. The minimum Gasteiger partial charge on any atom is -0.497 e. The van der Waals surface area contributed by atoms with Gasteiger partial charge in [0, 0.05) is 33.2 Å². The van der Waals surface area contributed by atoms with Gasteiger partial charge in [0.2, 0.25) is 0 Å². The Morgan fingerprint density at radius 2 is 1.77 bits per heavy atom. The van der Waals surface area contributed by atoms with Crippen LogP contribution in [-0.4, -0.2) is 88.9 Å². The summed E-state index contributed by atoms with van der Waals surface area (Å²) in [6.07, 6.45) is 4.91. The highest BCUT2D eigenvalue weighted by Crippen LogP contribution is 2.26. The lowest BCUT2D eigenvalue weighted by atomic mass is 10.1. The molecule has 176 valence electrons. The fourth-order valence-corrected chi connectivity index (χ4v) is 4.24. The zero-order valence-electron chi connectivity index (χ0n) is 19.1. The third kappa shape index (κ3) is 8.75. The third-order valence-electron chi connectivity index (χ3n) is 6.07. The Morgan fingerprint density at radius 3 is 2.42 bits per heavy atom. The number of unbranched alkanes of at least 4 members (excludes halogenated alkanes) is 1. The van der Waals surface area contributed by atoms with Gasteiger partial charge < -0.3 is 20.1 Å². The molecule has 8 heteroatoms. The van der Waals surface area contributed by atoms with Crippen LogP contribution in [0.25, 0.3) is 0 Å². The molecule has 1 aromatic rings. The highest BCUT2D eigenvalue weighted by molar-refractivity contribution is 14.0. The monoisotopic (exact) mass is 545 g/mol. The van der Waals surface area contributed by atoms with Crippen LogP contribution in [0.4, 0.5) is 0 Å². The van der Waals surface area contributed by atoms with Gasteiger partial charge in [-0.1, -0.05) is 12.1 Å². The molecule has 2 aliphatic rings. The average Bonchev–Trinajstić information content (AvgIpc) is 3.33. The summed E-state index contributed by atoms with van der Waals surface area (Å²) in [7, 11) is 3.56. The van der Waals surface area contributed by atoms with Crippen LogP contribution in [0.3, 0.4) is 0 Å². The van der Waals surface area contributed by atoms with Crippen LogP contribution >= 0.6 is 24.0 Å². The van der Waals surface area contributed by atoms with Gasteiger partial charge in [-0.3, -0.25) is 14.8 Å². The van der Waals surface area contributed by atoms with Crippen molar-refractivity contribution in [3.8, 4) is 5.75 Å². The molecule has 1 aromatic carbocycles. The van der Waals surface area contributed by atoms with Gasteiger partial charge in [0.15, 0.2) is 5.96 Å². The summed E-state index contributed by atoms with van der Waals surface area (Å²) in [5.41, 5.74) is 1.33. The standard InChI is InChI=1S/C23H39N5O2.HI/c1-24-23(25-11-3-4-12-27-15-17-30-18-16-27)26-19-22(28-13-5-6-14-28)20-7-9-21(29-2)10-8-20;/h7-10,22H,3-6,11-19H2,1-2H3,(H2,24,25,26);1H. The summed E-state index contributed by atoms with van der Waals surface area (Å²) < 4.78 is 10.7. The second-order valence-corrected chi connectivity index (χ2v) is 8.07. The van der Waals surface area contributed by atoms with E-state index in [-0.39, 0.29) is 24.0 Å². The van der Waals surface area contributed by atoms with E-state index in [1.807, 2.05) is 7.05 Å². The molecule has 2 fully saturated rings. The van der Waals surface area contributed by atoms with Gasteiger partial charge in [0.1, 0.15) is 5.75 Å². The molecule has 0 radical (unpaired) electrons. The van der Waals surface area contributed by atoms with Crippen molar-refractivity contribution >= 4 is 29.9 Å². The predicted octanol–water partition coefficient (Wildman–Crippen LogP) is 2.73. The van der Waals surface area contributed by atoms with E-state index in [2.05, 4.69) is 49.7 Å². The van der Waals surface area contributed by atoms with Gasteiger partial charge >= 0.3 is 0 Å². The minimum atomic E-state index is 0. The first kappa shape index (κ1) is 26.2. The minimum absolute atomic E-state index is 0. The van der Waals surface area contributed by atoms with E-state index >= 15 is 0 Å². The average molecular weight is 546 g/mol. The Bertz CT molecular complexity index is 631. The zero-order valence-corrected chi connectivity index (χ0v) is 21.5. The molecule has 0 saturated carbocycles. The highest BCUT2D eigenvalue weighted by atomic mass is 127. The molecule has 0 aromatic heterocycles. The van der Waals surface area contributed by atoms with Gasteiger partial charge in [-0.2, -0.15) is 0 Å². The molecule has 2 saturated heterocycles. The summed E-state index contributed by atoms with van der Waals surface area (Å²) in [6.45, 7) is 9.16. The molecular formula is C23H40IN5O2. The van der Waals surface area contributed by atoms with Crippen LogP contribution in [-0.2, 0) is 4.74 Å². The lowest BCUT2D eigenvalue weighted by Gasteiger charge is -2.29.